The number of nitrogens with one attached hydrogen (secondary N) is 3. The number of aromatic nitrogens is 6. The van der Waals surface area contributed by atoms with Gasteiger partial charge in [-0.15, -0.1) is 10.2 Å². The van der Waals surface area contributed by atoms with Crippen LogP contribution in [0.3, 0.4) is 0 Å². The number of aryl methyl sites for hydroxylation is 1. The molecule has 13 nitrogen and oxygen atoms in total. The average Bonchev–Trinajstić information content (AvgIpc) is 3.64. The Kier molecular flexibility index (Phi) is 9.42. The van der Waals surface area contributed by atoms with E-state index in [2.05, 4.69) is 36.2 Å². The van der Waals surface area contributed by atoms with Gasteiger partial charge in [-0.1, -0.05) is 17.7 Å². The number of anilines is 2. The number of piperazine rings is 1. The minimum Gasteiger partial charge on any atom is -0.336 e. The van der Waals surface area contributed by atoms with Crippen molar-refractivity contribution in [1.82, 2.24) is 39.7 Å². The first-order chi connectivity index (χ1) is 23.5. The van der Waals surface area contributed by atoms with Gasteiger partial charge in [0.2, 0.25) is 11.9 Å². The van der Waals surface area contributed by atoms with Crippen molar-refractivity contribution in [3.63, 3.8) is 0 Å². The third kappa shape index (κ3) is 7.00. The molecule has 49 heavy (non-hydrogen) atoms. The lowest BCUT2D eigenvalue weighted by Gasteiger charge is -2.27. The van der Waals surface area contributed by atoms with E-state index in [-0.39, 0.29) is 51.5 Å². The van der Waals surface area contributed by atoms with Crippen LogP contribution in [0.15, 0.2) is 54.9 Å². The number of hydrogen-bond donors (Lipinski definition) is 3. The zero-order chi connectivity index (χ0) is 34.8. The largest absolute Gasteiger partial charge is 0.336 e. The molecule has 1 aliphatic heterocycles. The highest BCUT2D eigenvalue weighted by Crippen LogP contribution is 2.33. The Morgan fingerprint density at radius 2 is 1.67 bits per heavy atom. The molecule has 17 heteroatoms. The van der Waals surface area contributed by atoms with E-state index in [0.29, 0.717) is 43.1 Å². The van der Waals surface area contributed by atoms with Crippen molar-refractivity contribution in [3.8, 4) is 22.4 Å². The summed E-state index contributed by atoms with van der Waals surface area (Å²) in [6.07, 6.45) is 2.65. The van der Waals surface area contributed by atoms with E-state index >= 15 is 8.78 Å². The zero-order valence-corrected chi connectivity index (χ0v) is 26.9. The zero-order valence-electron chi connectivity index (χ0n) is 26.1. The summed E-state index contributed by atoms with van der Waals surface area (Å²) < 4.78 is 46.7. The van der Waals surface area contributed by atoms with Crippen molar-refractivity contribution < 1.29 is 27.6 Å². The monoisotopic (exact) mass is 692 g/mol. The van der Waals surface area contributed by atoms with Crippen LogP contribution >= 0.6 is 11.6 Å². The highest BCUT2D eigenvalue weighted by Gasteiger charge is 2.24. The van der Waals surface area contributed by atoms with Gasteiger partial charge in [0.05, 0.1) is 28.2 Å². The molecular formula is C32H28ClF3N10O3. The summed E-state index contributed by atoms with van der Waals surface area (Å²) in [7, 11) is 1.49. The summed E-state index contributed by atoms with van der Waals surface area (Å²) in [6.45, 7) is 3.80. The second-order valence-electron chi connectivity index (χ2n) is 11.1. The Labute approximate surface area is 282 Å². The summed E-state index contributed by atoms with van der Waals surface area (Å²) in [4.78, 5) is 44.2. The van der Waals surface area contributed by atoms with Crippen molar-refractivity contribution in [1.29, 1.82) is 0 Å². The Morgan fingerprint density at radius 3 is 2.39 bits per heavy atom. The van der Waals surface area contributed by atoms with Gasteiger partial charge >= 0.3 is 0 Å². The van der Waals surface area contributed by atoms with Crippen LogP contribution in [0, 0.1) is 24.5 Å². The number of halogens is 4. The lowest BCUT2D eigenvalue weighted by molar-refractivity contribution is -0.116. The second-order valence-corrected chi connectivity index (χ2v) is 11.5. The summed E-state index contributed by atoms with van der Waals surface area (Å²) >= 11 is 6.39. The van der Waals surface area contributed by atoms with E-state index in [4.69, 9.17) is 11.6 Å². The first-order valence-electron chi connectivity index (χ1n) is 14.9. The lowest BCUT2D eigenvalue weighted by atomic mass is 10.0. The number of rotatable bonds is 8. The summed E-state index contributed by atoms with van der Waals surface area (Å²) in [5, 5.41) is 19.5. The van der Waals surface area contributed by atoms with Crippen molar-refractivity contribution in [2.75, 3.05) is 36.8 Å². The van der Waals surface area contributed by atoms with Gasteiger partial charge in [-0.05, 0) is 43.3 Å². The number of carbonyl (C=O) groups excluding carboxylic acids is 3. The number of carbonyl (C=O) groups is 3. The maximum absolute atomic E-state index is 15.6. The SMILES string of the molecule is Cc1nn(CC(=O)Nc2ccc(F)nn2)cc1-c1ccc(-c2cnc(C(=O)Nc3ccc(C(=O)N4CCNCC4)c(Cl)c3)n2C)c(F)c1F. The standard InChI is InChI=1S/C32H28ClF3N10O3/c1-17-22(15-46(43-17)16-27(47)40-26-8-7-25(34)41-42-26)19-5-6-21(29(36)28(19)35)24-14-38-30(44(24)2)31(48)39-18-3-4-20(23(33)13-18)32(49)45-11-9-37-10-12-45/h3-8,13-15,37H,9-12,16H2,1-2H3,(H,39,48)(H,40,42,47). The van der Waals surface area contributed by atoms with E-state index in [9.17, 15) is 18.8 Å². The number of imidazole rings is 1. The van der Waals surface area contributed by atoms with Gasteiger partial charge in [-0.25, -0.2) is 13.8 Å². The van der Waals surface area contributed by atoms with Gasteiger partial charge in [-0.3, -0.25) is 19.1 Å². The first-order valence-corrected chi connectivity index (χ1v) is 15.3. The van der Waals surface area contributed by atoms with Gasteiger partial charge in [-0.2, -0.15) is 9.49 Å². The van der Waals surface area contributed by atoms with Gasteiger partial charge in [0, 0.05) is 61.8 Å². The van der Waals surface area contributed by atoms with E-state index in [1.165, 1.54) is 59.0 Å². The molecule has 0 bridgehead atoms. The Morgan fingerprint density at radius 1 is 0.939 bits per heavy atom. The van der Waals surface area contributed by atoms with Crippen LogP contribution in [-0.2, 0) is 18.4 Å². The molecule has 0 saturated carbocycles. The molecule has 3 aromatic heterocycles. The third-order valence-electron chi connectivity index (χ3n) is 7.85. The van der Waals surface area contributed by atoms with E-state index in [0.717, 1.165) is 6.07 Å². The maximum atomic E-state index is 15.6. The number of hydrogen-bond acceptors (Lipinski definition) is 8. The lowest BCUT2D eigenvalue weighted by Crippen LogP contribution is -2.46. The molecule has 252 valence electrons. The molecule has 0 radical (unpaired) electrons. The van der Waals surface area contributed by atoms with Crippen molar-refractivity contribution >= 4 is 40.8 Å². The molecule has 1 fully saturated rings. The van der Waals surface area contributed by atoms with Gasteiger partial charge in [0.25, 0.3) is 11.8 Å². The highest BCUT2D eigenvalue weighted by atomic mass is 35.5. The summed E-state index contributed by atoms with van der Waals surface area (Å²) in [5.41, 5.74) is 1.12. The quantitative estimate of drug-likeness (QED) is 0.220. The van der Waals surface area contributed by atoms with Crippen molar-refractivity contribution in [2.24, 2.45) is 7.05 Å². The highest BCUT2D eigenvalue weighted by molar-refractivity contribution is 6.34. The Balaban J connectivity index is 1.16. The summed E-state index contributed by atoms with van der Waals surface area (Å²) in [6, 6.07) is 9.56. The van der Waals surface area contributed by atoms with Crippen LogP contribution in [0.5, 0.6) is 0 Å². The molecule has 0 aliphatic carbocycles. The third-order valence-corrected chi connectivity index (χ3v) is 8.17. The fourth-order valence-electron chi connectivity index (χ4n) is 5.39. The molecular weight excluding hydrogens is 665 g/mol. The van der Waals surface area contributed by atoms with Crippen LogP contribution in [0.1, 0.15) is 26.7 Å². The van der Waals surface area contributed by atoms with Crippen molar-refractivity contribution in [2.45, 2.75) is 13.5 Å². The van der Waals surface area contributed by atoms with Crippen LogP contribution in [0.4, 0.5) is 24.7 Å². The van der Waals surface area contributed by atoms with Gasteiger partial charge in [0.1, 0.15) is 6.54 Å². The van der Waals surface area contributed by atoms with Crippen LogP contribution in [0.25, 0.3) is 22.4 Å². The van der Waals surface area contributed by atoms with Crippen LogP contribution in [0.2, 0.25) is 5.02 Å². The average molecular weight is 693 g/mol. The van der Waals surface area contributed by atoms with E-state index < -0.39 is 29.4 Å². The van der Waals surface area contributed by atoms with Crippen LogP contribution < -0.4 is 16.0 Å². The minimum atomic E-state index is -1.18. The van der Waals surface area contributed by atoms with Crippen LogP contribution in [-0.4, -0.2) is 78.3 Å². The normalized spacial score (nSPS) is 13.0. The number of amides is 3. The van der Waals surface area contributed by atoms with Gasteiger partial charge < -0.3 is 25.4 Å². The van der Waals surface area contributed by atoms with E-state index in [1.54, 1.807) is 17.9 Å². The molecule has 0 unspecified atom stereocenters. The maximum Gasteiger partial charge on any atom is 0.291 e. The molecule has 3 N–H and O–H groups in total. The number of benzene rings is 2. The fraction of sp³-hybridized carbons (Fsp3) is 0.219. The number of nitrogens with zero attached hydrogens (tertiary/aromatic N) is 7. The first kappa shape index (κ1) is 33.3. The molecule has 1 aliphatic rings. The second kappa shape index (κ2) is 13.9. The minimum absolute atomic E-state index is 0.0348. The topological polar surface area (TPSA) is 152 Å². The Hall–Kier alpha value is -5.61. The Bertz CT molecular complexity index is 2080. The fourth-order valence-corrected chi connectivity index (χ4v) is 5.65. The summed E-state index contributed by atoms with van der Waals surface area (Å²) in [5.74, 6) is -4.58. The van der Waals surface area contributed by atoms with Crippen molar-refractivity contribution in [3.05, 3.63) is 94.5 Å². The molecule has 2 aromatic carbocycles. The smallest absolute Gasteiger partial charge is 0.291 e. The predicted molar refractivity (Wildman–Crippen MR) is 173 cm³/mol. The predicted octanol–water partition coefficient (Wildman–Crippen LogP) is 4.06. The molecule has 0 atom stereocenters. The molecule has 6 rings (SSSR count). The molecule has 3 amide bonds. The molecule has 5 aromatic rings. The molecule has 0 spiro atoms. The molecule has 4 heterocycles. The molecule has 1 saturated heterocycles. The van der Waals surface area contributed by atoms with E-state index in [1.807, 2.05) is 0 Å². The van der Waals surface area contributed by atoms with Gasteiger partial charge in [0.15, 0.2) is 23.3 Å².